The summed E-state index contributed by atoms with van der Waals surface area (Å²) in [7, 11) is 0. The van der Waals surface area contributed by atoms with Crippen molar-refractivity contribution in [1.29, 1.82) is 0 Å². The van der Waals surface area contributed by atoms with Gasteiger partial charge in [0.1, 0.15) is 11.6 Å². The van der Waals surface area contributed by atoms with E-state index in [0.29, 0.717) is 19.3 Å². The number of carbonyl (C=O) groups excluding carboxylic acids is 2. The largest absolute Gasteiger partial charge is 0.340 e. The van der Waals surface area contributed by atoms with Crippen LogP contribution < -0.4 is 5.32 Å². The summed E-state index contributed by atoms with van der Waals surface area (Å²) in [4.78, 5) is 27.4. The van der Waals surface area contributed by atoms with Gasteiger partial charge in [-0.25, -0.2) is 0 Å². The third-order valence-electron chi connectivity index (χ3n) is 4.77. The molecule has 0 spiro atoms. The van der Waals surface area contributed by atoms with Crippen molar-refractivity contribution in [1.82, 2.24) is 10.2 Å². The summed E-state index contributed by atoms with van der Waals surface area (Å²) in [6, 6.07) is -0.0489. The van der Waals surface area contributed by atoms with Crippen molar-refractivity contribution in [3.8, 4) is 0 Å². The van der Waals surface area contributed by atoms with E-state index in [1.807, 2.05) is 37.4 Å². The van der Waals surface area contributed by atoms with E-state index < -0.39 is 5.54 Å². The van der Waals surface area contributed by atoms with Gasteiger partial charge in [0.25, 0.3) is 0 Å². The lowest BCUT2D eigenvalue weighted by molar-refractivity contribution is -0.158. The minimum Gasteiger partial charge on any atom is -0.340 e. The van der Waals surface area contributed by atoms with Crippen molar-refractivity contribution < 1.29 is 9.59 Å². The number of rotatable bonds is 4. The van der Waals surface area contributed by atoms with Gasteiger partial charge in [0.05, 0.1) is 0 Å². The maximum Gasteiger partial charge on any atom is 0.249 e. The molecule has 0 bridgehead atoms. The standard InChI is InChI=1S/C15H26N2O2S/c1-4-12-13(18)16-15(5-2,6-3)14(19)17(12)11-8-7-9-20-10-11/h11-12H,4-10H2,1-3H3,(H,16,18). The Hall–Kier alpha value is -0.710. The van der Waals surface area contributed by atoms with Gasteiger partial charge in [0.15, 0.2) is 0 Å². The minimum absolute atomic E-state index is 0.0337. The summed E-state index contributed by atoms with van der Waals surface area (Å²) in [6.07, 6.45) is 4.21. The molecule has 2 aliphatic rings. The van der Waals surface area contributed by atoms with E-state index in [1.54, 1.807) is 0 Å². The van der Waals surface area contributed by atoms with E-state index in [-0.39, 0.29) is 23.9 Å². The summed E-state index contributed by atoms with van der Waals surface area (Å²) >= 11 is 1.90. The molecule has 0 saturated carbocycles. The Morgan fingerprint density at radius 2 is 2.00 bits per heavy atom. The summed E-state index contributed by atoms with van der Waals surface area (Å²) in [5, 5.41) is 3.01. The van der Waals surface area contributed by atoms with E-state index in [2.05, 4.69) is 5.32 Å². The molecule has 2 unspecified atom stereocenters. The molecule has 0 radical (unpaired) electrons. The van der Waals surface area contributed by atoms with Crippen molar-refractivity contribution in [2.75, 3.05) is 11.5 Å². The van der Waals surface area contributed by atoms with Crippen LogP contribution >= 0.6 is 11.8 Å². The summed E-state index contributed by atoms with van der Waals surface area (Å²) in [5.41, 5.74) is -0.676. The number of hydrogen-bond acceptors (Lipinski definition) is 3. The Labute approximate surface area is 126 Å². The predicted molar refractivity (Wildman–Crippen MR) is 82.7 cm³/mol. The van der Waals surface area contributed by atoms with Crippen LogP contribution in [0.3, 0.4) is 0 Å². The second-order valence-corrected chi connectivity index (χ2v) is 6.94. The zero-order valence-corrected chi connectivity index (χ0v) is 13.6. The quantitative estimate of drug-likeness (QED) is 0.865. The van der Waals surface area contributed by atoms with E-state index in [0.717, 1.165) is 18.6 Å². The summed E-state index contributed by atoms with van der Waals surface area (Å²) in [6.45, 7) is 5.97. The number of carbonyl (C=O) groups is 2. The van der Waals surface area contributed by atoms with Gasteiger partial charge in [-0.1, -0.05) is 20.8 Å². The summed E-state index contributed by atoms with van der Waals surface area (Å²) < 4.78 is 0. The average Bonchev–Trinajstić information content (AvgIpc) is 2.49. The van der Waals surface area contributed by atoms with E-state index in [9.17, 15) is 9.59 Å². The first-order chi connectivity index (χ1) is 9.59. The third kappa shape index (κ3) is 2.57. The fourth-order valence-corrected chi connectivity index (χ4v) is 4.50. The van der Waals surface area contributed by atoms with Crippen LogP contribution in [0.5, 0.6) is 0 Å². The van der Waals surface area contributed by atoms with Crippen molar-refractivity contribution in [2.45, 2.75) is 70.5 Å². The molecular formula is C15H26N2O2S. The molecule has 2 fully saturated rings. The highest BCUT2D eigenvalue weighted by molar-refractivity contribution is 7.99. The fraction of sp³-hybridized carbons (Fsp3) is 0.867. The molecule has 2 saturated heterocycles. The van der Waals surface area contributed by atoms with Crippen LogP contribution in [0.15, 0.2) is 0 Å². The molecule has 5 heteroatoms. The number of hydrogen-bond donors (Lipinski definition) is 1. The maximum absolute atomic E-state index is 13.0. The van der Waals surface area contributed by atoms with Gasteiger partial charge in [-0.2, -0.15) is 11.8 Å². The molecule has 0 aliphatic carbocycles. The normalized spacial score (nSPS) is 30.2. The van der Waals surface area contributed by atoms with Crippen LogP contribution in [0.25, 0.3) is 0 Å². The predicted octanol–water partition coefficient (Wildman–Crippen LogP) is 2.18. The lowest BCUT2D eigenvalue weighted by atomic mass is 9.85. The Balaban J connectivity index is 2.31. The van der Waals surface area contributed by atoms with Crippen molar-refractivity contribution in [2.24, 2.45) is 0 Å². The Kier molecular flexibility index (Phi) is 4.99. The molecule has 2 rings (SSSR count). The van der Waals surface area contributed by atoms with Gasteiger partial charge >= 0.3 is 0 Å². The van der Waals surface area contributed by atoms with E-state index in [4.69, 9.17) is 0 Å². The van der Waals surface area contributed by atoms with Gasteiger partial charge in [0, 0.05) is 11.8 Å². The summed E-state index contributed by atoms with van der Waals surface area (Å²) in [5.74, 6) is 2.32. The number of thioether (sulfide) groups is 1. The number of nitrogens with zero attached hydrogens (tertiary/aromatic N) is 1. The molecule has 2 atom stereocenters. The molecule has 114 valence electrons. The minimum atomic E-state index is -0.676. The molecule has 2 amide bonds. The lowest BCUT2D eigenvalue weighted by Crippen LogP contribution is -2.72. The van der Waals surface area contributed by atoms with Crippen molar-refractivity contribution >= 4 is 23.6 Å². The second-order valence-electron chi connectivity index (χ2n) is 5.79. The zero-order chi connectivity index (χ0) is 14.8. The topological polar surface area (TPSA) is 49.4 Å². The van der Waals surface area contributed by atoms with Crippen LogP contribution in [-0.4, -0.2) is 45.8 Å². The van der Waals surface area contributed by atoms with Gasteiger partial charge in [-0.3, -0.25) is 9.59 Å². The van der Waals surface area contributed by atoms with Gasteiger partial charge in [-0.05, 0) is 37.9 Å². The van der Waals surface area contributed by atoms with Gasteiger partial charge in [-0.15, -0.1) is 0 Å². The molecular weight excluding hydrogens is 272 g/mol. The van der Waals surface area contributed by atoms with Crippen molar-refractivity contribution in [3.05, 3.63) is 0 Å². The van der Waals surface area contributed by atoms with Crippen LogP contribution in [0, 0.1) is 0 Å². The number of amides is 2. The molecule has 4 nitrogen and oxygen atoms in total. The third-order valence-corrected chi connectivity index (χ3v) is 5.97. The Morgan fingerprint density at radius 1 is 1.30 bits per heavy atom. The van der Waals surface area contributed by atoms with Gasteiger partial charge in [0.2, 0.25) is 11.8 Å². The first kappa shape index (κ1) is 15.7. The van der Waals surface area contributed by atoms with Crippen LogP contribution in [0.1, 0.15) is 52.9 Å². The van der Waals surface area contributed by atoms with Crippen LogP contribution in [0.2, 0.25) is 0 Å². The molecule has 0 aromatic rings. The SMILES string of the molecule is CCC1C(=O)NC(CC)(CC)C(=O)N1C1CCCSC1. The second kappa shape index (κ2) is 6.37. The molecule has 0 aromatic carbocycles. The van der Waals surface area contributed by atoms with Gasteiger partial charge < -0.3 is 10.2 Å². The first-order valence-electron chi connectivity index (χ1n) is 7.82. The van der Waals surface area contributed by atoms with Crippen molar-refractivity contribution in [3.63, 3.8) is 0 Å². The van der Waals surface area contributed by atoms with Crippen LogP contribution in [-0.2, 0) is 9.59 Å². The number of nitrogens with one attached hydrogen (secondary N) is 1. The Morgan fingerprint density at radius 3 is 2.50 bits per heavy atom. The highest BCUT2D eigenvalue weighted by Gasteiger charge is 2.50. The van der Waals surface area contributed by atoms with E-state index >= 15 is 0 Å². The monoisotopic (exact) mass is 298 g/mol. The average molecular weight is 298 g/mol. The first-order valence-corrected chi connectivity index (χ1v) is 8.97. The Bertz CT molecular complexity index is 376. The molecule has 0 aromatic heterocycles. The fourth-order valence-electron chi connectivity index (χ4n) is 3.36. The molecule has 1 N–H and O–H groups in total. The highest BCUT2D eigenvalue weighted by atomic mass is 32.2. The maximum atomic E-state index is 13.0. The lowest BCUT2D eigenvalue weighted by Gasteiger charge is -2.49. The zero-order valence-electron chi connectivity index (χ0n) is 12.8. The molecule has 20 heavy (non-hydrogen) atoms. The number of piperazine rings is 1. The molecule has 2 heterocycles. The van der Waals surface area contributed by atoms with E-state index in [1.165, 1.54) is 5.75 Å². The highest BCUT2D eigenvalue weighted by Crippen LogP contribution is 2.32. The molecule has 2 aliphatic heterocycles. The smallest absolute Gasteiger partial charge is 0.249 e. The van der Waals surface area contributed by atoms with Crippen LogP contribution in [0.4, 0.5) is 0 Å².